The lowest BCUT2D eigenvalue weighted by atomic mass is 9.62. The molecule has 3 aliphatic carbocycles. The Hall–Kier alpha value is -0.360. The number of nitrogens with two attached hydrogens (primary N) is 1. The Kier molecular flexibility index (Phi) is 5.01. The van der Waals surface area contributed by atoms with Crippen LogP contribution in [0.2, 0.25) is 10.0 Å². The maximum Gasteiger partial charge on any atom is 0.210 e. The summed E-state index contributed by atoms with van der Waals surface area (Å²) >= 11 is 12.3. The second kappa shape index (κ2) is 7.08. The van der Waals surface area contributed by atoms with Gasteiger partial charge in [-0.1, -0.05) is 43.1 Å². The number of hydrogen-bond acceptors (Lipinski definition) is 4. The van der Waals surface area contributed by atoms with Crippen LogP contribution in [-0.4, -0.2) is 11.6 Å². The van der Waals surface area contributed by atoms with Crippen LogP contribution in [0, 0.1) is 23.7 Å². The zero-order valence-corrected chi connectivity index (χ0v) is 18.8. The first kappa shape index (κ1) is 20.5. The summed E-state index contributed by atoms with van der Waals surface area (Å²) in [5.41, 5.74) is 7.36. The summed E-state index contributed by atoms with van der Waals surface area (Å²) in [5.74, 6) is 1.01. The number of hydrogen-bond donors (Lipinski definition) is 1. The molecule has 1 aromatic carbocycles. The Morgan fingerprint density at radius 3 is 2.41 bits per heavy atom. The van der Waals surface area contributed by atoms with Gasteiger partial charge in [-0.3, -0.25) is 0 Å². The first-order valence-electron chi connectivity index (χ1n) is 11.1. The van der Waals surface area contributed by atoms with Gasteiger partial charge in [0.1, 0.15) is 0 Å². The van der Waals surface area contributed by atoms with Crippen molar-refractivity contribution in [3.63, 3.8) is 0 Å². The molecule has 5 unspecified atom stereocenters. The van der Waals surface area contributed by atoms with Crippen LogP contribution in [0.4, 0.5) is 0 Å². The van der Waals surface area contributed by atoms with Gasteiger partial charge in [-0.25, -0.2) is 0 Å². The highest BCUT2D eigenvalue weighted by molar-refractivity contribution is 6.42. The molecule has 0 aromatic heterocycles. The van der Waals surface area contributed by atoms with Crippen molar-refractivity contribution in [1.29, 1.82) is 0 Å². The summed E-state index contributed by atoms with van der Waals surface area (Å²) in [4.78, 5) is 12.1. The molecule has 1 aliphatic heterocycles. The Labute approximate surface area is 183 Å². The van der Waals surface area contributed by atoms with E-state index in [1.54, 1.807) is 0 Å². The van der Waals surface area contributed by atoms with Gasteiger partial charge in [0.05, 0.1) is 10.0 Å². The third-order valence-electron chi connectivity index (χ3n) is 8.05. The number of fused-ring (bicyclic) bond motifs is 3. The molecule has 4 aliphatic rings. The average Bonchev–Trinajstić information content (AvgIpc) is 3.06. The molecule has 29 heavy (non-hydrogen) atoms. The Morgan fingerprint density at radius 2 is 1.69 bits per heavy atom. The molecule has 2 bridgehead atoms. The van der Waals surface area contributed by atoms with Crippen molar-refractivity contribution in [3.8, 4) is 0 Å². The lowest BCUT2D eigenvalue weighted by Crippen LogP contribution is -2.55. The molecule has 1 aromatic rings. The van der Waals surface area contributed by atoms with Crippen molar-refractivity contribution in [3.05, 3.63) is 33.8 Å². The average molecular weight is 440 g/mol. The minimum absolute atomic E-state index is 0.345. The molecule has 5 rings (SSSR count). The summed E-state index contributed by atoms with van der Waals surface area (Å²) in [6.45, 7) is 4.62. The molecule has 1 saturated heterocycles. The second-order valence-corrected chi connectivity index (χ2v) is 11.0. The fourth-order valence-corrected chi connectivity index (χ4v) is 6.79. The van der Waals surface area contributed by atoms with Gasteiger partial charge in [-0.2, -0.15) is 9.78 Å². The van der Waals surface area contributed by atoms with Gasteiger partial charge < -0.3 is 10.5 Å². The van der Waals surface area contributed by atoms with Gasteiger partial charge in [-0.05, 0) is 68.1 Å². The molecule has 0 amide bonds. The Morgan fingerprint density at radius 1 is 0.931 bits per heavy atom. The maximum atomic E-state index is 6.79. The van der Waals surface area contributed by atoms with E-state index in [0.29, 0.717) is 34.7 Å². The zero-order chi connectivity index (χ0) is 20.4. The van der Waals surface area contributed by atoms with Gasteiger partial charge in [0.2, 0.25) is 11.6 Å². The highest BCUT2D eigenvalue weighted by atomic mass is 35.5. The highest BCUT2D eigenvalue weighted by Gasteiger charge is 2.63. The van der Waals surface area contributed by atoms with E-state index in [1.807, 2.05) is 18.2 Å². The number of benzene rings is 1. The van der Waals surface area contributed by atoms with Gasteiger partial charge in [0.25, 0.3) is 0 Å². The van der Waals surface area contributed by atoms with Crippen LogP contribution < -0.4 is 5.73 Å². The summed E-state index contributed by atoms with van der Waals surface area (Å²) < 4.78 is 6.79. The molecule has 5 atom stereocenters. The first-order valence-corrected chi connectivity index (χ1v) is 11.8. The van der Waals surface area contributed by atoms with Crippen molar-refractivity contribution in [2.75, 3.05) is 0 Å². The van der Waals surface area contributed by atoms with Crippen LogP contribution in [0.3, 0.4) is 0 Å². The number of halogens is 2. The van der Waals surface area contributed by atoms with Gasteiger partial charge in [-0.15, -0.1) is 0 Å². The van der Waals surface area contributed by atoms with Gasteiger partial charge >= 0.3 is 0 Å². The van der Waals surface area contributed by atoms with Crippen molar-refractivity contribution in [2.45, 2.75) is 82.3 Å². The van der Waals surface area contributed by atoms with Crippen LogP contribution in [0.5, 0.6) is 0 Å². The monoisotopic (exact) mass is 439 g/mol. The summed E-state index contributed by atoms with van der Waals surface area (Å²) in [5, 5.41) is 1.09. The molecular formula is C23H31Cl2NO3. The van der Waals surface area contributed by atoms with E-state index >= 15 is 0 Å². The van der Waals surface area contributed by atoms with E-state index in [-0.39, 0.29) is 0 Å². The SMILES string of the molecule is CC1CC2CC(C)C3(OOC4(CCC(N)(c5ccc(Cl)c(Cl)c5)CC4)O3)C(C1)C2. The van der Waals surface area contributed by atoms with E-state index in [4.69, 9.17) is 43.4 Å². The van der Waals surface area contributed by atoms with E-state index in [1.165, 1.54) is 12.8 Å². The summed E-state index contributed by atoms with van der Waals surface area (Å²) in [6.07, 6.45) is 7.77. The Bertz CT molecular complexity index is 790. The molecule has 2 spiro atoms. The third kappa shape index (κ3) is 3.35. The Balaban J connectivity index is 1.33. The van der Waals surface area contributed by atoms with Crippen LogP contribution in [0.15, 0.2) is 18.2 Å². The lowest BCUT2D eigenvalue weighted by Gasteiger charge is -2.50. The fraction of sp³-hybridized carbons (Fsp3) is 0.739. The zero-order valence-electron chi connectivity index (χ0n) is 17.3. The normalized spacial score (nSPS) is 47.1. The van der Waals surface area contributed by atoms with E-state index < -0.39 is 17.1 Å². The van der Waals surface area contributed by atoms with Crippen molar-refractivity contribution in [2.24, 2.45) is 29.4 Å². The van der Waals surface area contributed by atoms with E-state index in [9.17, 15) is 0 Å². The predicted octanol–water partition coefficient (Wildman–Crippen LogP) is 6.18. The second-order valence-electron chi connectivity index (χ2n) is 10.2. The van der Waals surface area contributed by atoms with Crippen molar-refractivity contribution < 1.29 is 14.5 Å². The number of rotatable bonds is 1. The molecular weight excluding hydrogens is 409 g/mol. The van der Waals surface area contributed by atoms with Crippen LogP contribution in [0.25, 0.3) is 0 Å². The molecule has 160 valence electrons. The van der Waals surface area contributed by atoms with Crippen LogP contribution in [0.1, 0.15) is 70.8 Å². The minimum atomic E-state index is -0.680. The number of ether oxygens (including phenoxy) is 1. The topological polar surface area (TPSA) is 53.7 Å². The van der Waals surface area contributed by atoms with Crippen LogP contribution >= 0.6 is 23.2 Å². The quantitative estimate of drug-likeness (QED) is 0.530. The van der Waals surface area contributed by atoms with Crippen LogP contribution in [-0.2, 0) is 20.1 Å². The maximum absolute atomic E-state index is 6.79. The lowest BCUT2D eigenvalue weighted by molar-refractivity contribution is -0.380. The predicted molar refractivity (Wildman–Crippen MR) is 113 cm³/mol. The molecule has 6 heteroatoms. The van der Waals surface area contributed by atoms with Crippen molar-refractivity contribution >= 4 is 23.2 Å². The van der Waals surface area contributed by atoms with E-state index in [0.717, 1.165) is 43.1 Å². The molecule has 1 heterocycles. The molecule has 4 nitrogen and oxygen atoms in total. The molecule has 0 radical (unpaired) electrons. The first-order chi connectivity index (χ1) is 13.7. The summed E-state index contributed by atoms with van der Waals surface area (Å²) in [7, 11) is 0. The third-order valence-corrected chi connectivity index (χ3v) is 8.79. The summed E-state index contributed by atoms with van der Waals surface area (Å²) in [6, 6.07) is 5.69. The van der Waals surface area contributed by atoms with E-state index in [2.05, 4.69) is 13.8 Å². The molecule has 4 fully saturated rings. The van der Waals surface area contributed by atoms with Gasteiger partial charge in [0.15, 0.2) is 0 Å². The highest BCUT2D eigenvalue weighted by Crippen LogP contribution is 2.58. The largest absolute Gasteiger partial charge is 0.321 e. The standard InChI is InChI=1S/C23H31Cl2NO3/c1-14-9-16-11-15(2)23(18(10-14)12-16)27-22(28-29-23)7-5-21(26,6-8-22)17-3-4-19(24)20(25)13-17/h3-4,13-16,18H,5-12,26H2,1-2H3. The van der Waals surface area contributed by atoms with Gasteiger partial charge in [0, 0.05) is 30.2 Å². The van der Waals surface area contributed by atoms with Crippen molar-refractivity contribution in [1.82, 2.24) is 0 Å². The molecule has 2 N–H and O–H groups in total. The fourth-order valence-electron chi connectivity index (χ4n) is 6.49. The minimum Gasteiger partial charge on any atom is -0.321 e. The smallest absolute Gasteiger partial charge is 0.210 e. The molecule has 3 saturated carbocycles.